The van der Waals surface area contributed by atoms with Crippen LogP contribution in [0.25, 0.3) is 10.8 Å². The van der Waals surface area contributed by atoms with E-state index in [2.05, 4.69) is 0 Å². The van der Waals surface area contributed by atoms with Crippen molar-refractivity contribution >= 4 is 10.8 Å². The van der Waals surface area contributed by atoms with Crippen molar-refractivity contribution in [1.29, 1.82) is 0 Å². The molecule has 0 aliphatic carbocycles. The van der Waals surface area contributed by atoms with Crippen LogP contribution in [0.5, 0.6) is 11.5 Å². The second kappa shape index (κ2) is 4.17. The maximum absolute atomic E-state index is 11.9. The maximum Gasteiger partial charge on any atom is 0.165 e. The van der Waals surface area contributed by atoms with Gasteiger partial charge in [0.1, 0.15) is 13.3 Å². The van der Waals surface area contributed by atoms with E-state index in [4.69, 9.17) is 4.74 Å². The number of fused-ring (bicyclic) bond motifs is 1. The van der Waals surface area contributed by atoms with E-state index in [-0.39, 0.29) is 12.4 Å². The average Bonchev–Trinajstić information content (AvgIpc) is 2.29. The molecule has 2 aromatic carbocycles. The van der Waals surface area contributed by atoms with Crippen LogP contribution in [0.3, 0.4) is 0 Å². The summed E-state index contributed by atoms with van der Waals surface area (Å²) in [5, 5.41) is 11.5. The lowest BCUT2D eigenvalue weighted by atomic mass is 10.1. The number of hydrogen-bond acceptors (Lipinski definition) is 2. The minimum atomic E-state index is -0.563. The Morgan fingerprint density at radius 2 is 1.93 bits per heavy atom. The number of phenols is 1. The number of alkyl halides is 1. The van der Waals surface area contributed by atoms with Crippen LogP contribution < -0.4 is 4.74 Å². The highest BCUT2D eigenvalue weighted by Gasteiger charge is 2.06. The molecular weight excluding hydrogens is 195 g/mol. The zero-order valence-electron chi connectivity index (χ0n) is 8.11. The molecule has 2 aromatic rings. The molecular formula is C12H11FO2. The standard InChI is InChI=1S/C12H11FO2/c13-7-8-15-11-6-5-9-3-1-2-4-10(9)12(11)14/h1-6,14H,7-8H2. The first kappa shape index (κ1) is 9.77. The average molecular weight is 206 g/mol. The minimum Gasteiger partial charge on any atom is -0.504 e. The molecule has 0 fully saturated rings. The van der Waals surface area contributed by atoms with Gasteiger partial charge in [-0.15, -0.1) is 0 Å². The summed E-state index contributed by atoms with van der Waals surface area (Å²) in [5.74, 6) is 0.396. The first-order chi connectivity index (χ1) is 7.33. The van der Waals surface area contributed by atoms with Gasteiger partial charge in [-0.25, -0.2) is 4.39 Å². The van der Waals surface area contributed by atoms with Gasteiger partial charge in [-0.2, -0.15) is 0 Å². The van der Waals surface area contributed by atoms with E-state index in [1.165, 1.54) is 0 Å². The molecule has 0 unspecified atom stereocenters. The molecule has 0 spiro atoms. The number of phenolic OH excluding ortho intramolecular Hbond substituents is 1. The van der Waals surface area contributed by atoms with E-state index in [9.17, 15) is 9.50 Å². The number of rotatable bonds is 3. The third-order valence-corrected chi connectivity index (χ3v) is 2.20. The van der Waals surface area contributed by atoms with E-state index < -0.39 is 6.67 Å². The highest BCUT2D eigenvalue weighted by atomic mass is 19.1. The van der Waals surface area contributed by atoms with Gasteiger partial charge in [0.25, 0.3) is 0 Å². The fraction of sp³-hybridized carbons (Fsp3) is 0.167. The topological polar surface area (TPSA) is 29.5 Å². The molecule has 0 heterocycles. The largest absolute Gasteiger partial charge is 0.504 e. The van der Waals surface area contributed by atoms with E-state index in [0.29, 0.717) is 11.1 Å². The predicted molar refractivity (Wildman–Crippen MR) is 57.1 cm³/mol. The van der Waals surface area contributed by atoms with Crippen LogP contribution in [-0.2, 0) is 0 Å². The van der Waals surface area contributed by atoms with Crippen LogP contribution in [-0.4, -0.2) is 18.4 Å². The molecule has 0 aliphatic rings. The van der Waals surface area contributed by atoms with Gasteiger partial charge in [0, 0.05) is 5.39 Å². The summed E-state index contributed by atoms with van der Waals surface area (Å²) in [5.41, 5.74) is 0. The van der Waals surface area contributed by atoms with Gasteiger partial charge in [-0.1, -0.05) is 30.3 Å². The first-order valence-corrected chi connectivity index (χ1v) is 4.72. The van der Waals surface area contributed by atoms with Crippen molar-refractivity contribution in [2.45, 2.75) is 0 Å². The summed E-state index contributed by atoms with van der Waals surface area (Å²) < 4.78 is 17.0. The fourth-order valence-corrected chi connectivity index (χ4v) is 1.50. The van der Waals surface area contributed by atoms with Crippen LogP contribution >= 0.6 is 0 Å². The fourth-order valence-electron chi connectivity index (χ4n) is 1.50. The van der Waals surface area contributed by atoms with Crippen molar-refractivity contribution in [2.75, 3.05) is 13.3 Å². The highest BCUT2D eigenvalue weighted by molar-refractivity contribution is 5.90. The number of ether oxygens (including phenoxy) is 1. The molecule has 0 radical (unpaired) electrons. The normalized spacial score (nSPS) is 10.5. The molecule has 15 heavy (non-hydrogen) atoms. The third-order valence-electron chi connectivity index (χ3n) is 2.20. The summed E-state index contributed by atoms with van der Waals surface area (Å²) in [4.78, 5) is 0. The molecule has 0 aliphatic heterocycles. The van der Waals surface area contributed by atoms with Crippen LogP contribution in [0, 0.1) is 0 Å². The van der Waals surface area contributed by atoms with Crippen LogP contribution in [0.4, 0.5) is 4.39 Å². The Kier molecular flexibility index (Phi) is 2.72. The number of hydrogen-bond donors (Lipinski definition) is 1. The molecule has 0 saturated heterocycles. The second-order valence-electron chi connectivity index (χ2n) is 3.17. The number of benzene rings is 2. The van der Waals surface area contributed by atoms with E-state index in [1.54, 1.807) is 12.1 Å². The van der Waals surface area contributed by atoms with Crippen molar-refractivity contribution < 1.29 is 14.2 Å². The quantitative estimate of drug-likeness (QED) is 0.836. The minimum absolute atomic E-state index is 0.0358. The van der Waals surface area contributed by atoms with E-state index in [1.807, 2.05) is 24.3 Å². The Labute approximate surface area is 86.9 Å². The zero-order valence-corrected chi connectivity index (χ0v) is 8.11. The Balaban J connectivity index is 2.45. The van der Waals surface area contributed by atoms with Gasteiger partial charge in [0.05, 0.1) is 0 Å². The summed E-state index contributed by atoms with van der Waals surface area (Å²) in [7, 11) is 0. The van der Waals surface area contributed by atoms with E-state index in [0.717, 1.165) is 5.39 Å². The van der Waals surface area contributed by atoms with Crippen LogP contribution in [0.1, 0.15) is 0 Å². The smallest absolute Gasteiger partial charge is 0.165 e. The van der Waals surface area contributed by atoms with Gasteiger partial charge in [0.15, 0.2) is 11.5 Å². The molecule has 0 saturated carbocycles. The SMILES string of the molecule is Oc1c(OCCF)ccc2ccccc12. The molecule has 2 rings (SSSR count). The molecule has 0 bridgehead atoms. The summed E-state index contributed by atoms with van der Waals surface area (Å²) in [6.45, 7) is -0.599. The van der Waals surface area contributed by atoms with Crippen molar-refractivity contribution in [3.63, 3.8) is 0 Å². The summed E-state index contributed by atoms with van der Waals surface area (Å²) >= 11 is 0. The van der Waals surface area contributed by atoms with Gasteiger partial charge < -0.3 is 9.84 Å². The van der Waals surface area contributed by atoms with Crippen LogP contribution in [0.15, 0.2) is 36.4 Å². The lowest BCUT2D eigenvalue weighted by Crippen LogP contribution is -1.98. The lowest BCUT2D eigenvalue weighted by molar-refractivity contribution is 0.263. The van der Waals surface area contributed by atoms with Gasteiger partial charge >= 0.3 is 0 Å². The zero-order chi connectivity index (χ0) is 10.7. The Hall–Kier alpha value is -1.77. The monoisotopic (exact) mass is 206 g/mol. The lowest BCUT2D eigenvalue weighted by Gasteiger charge is -2.08. The van der Waals surface area contributed by atoms with Crippen molar-refractivity contribution in [2.24, 2.45) is 0 Å². The molecule has 0 aromatic heterocycles. The molecule has 3 heteroatoms. The molecule has 2 nitrogen and oxygen atoms in total. The Morgan fingerprint density at radius 3 is 2.73 bits per heavy atom. The molecule has 0 atom stereocenters. The highest BCUT2D eigenvalue weighted by Crippen LogP contribution is 2.34. The maximum atomic E-state index is 11.9. The van der Waals surface area contributed by atoms with Gasteiger partial charge in [-0.3, -0.25) is 0 Å². The van der Waals surface area contributed by atoms with Crippen molar-refractivity contribution in [3.8, 4) is 11.5 Å². The number of aromatic hydroxyl groups is 1. The molecule has 0 amide bonds. The van der Waals surface area contributed by atoms with Gasteiger partial charge in [0.2, 0.25) is 0 Å². The second-order valence-corrected chi connectivity index (χ2v) is 3.17. The van der Waals surface area contributed by atoms with E-state index >= 15 is 0 Å². The molecule has 1 N–H and O–H groups in total. The predicted octanol–water partition coefficient (Wildman–Crippen LogP) is 2.89. The number of halogens is 1. The van der Waals surface area contributed by atoms with Crippen molar-refractivity contribution in [1.82, 2.24) is 0 Å². The van der Waals surface area contributed by atoms with Gasteiger partial charge in [-0.05, 0) is 11.5 Å². The van der Waals surface area contributed by atoms with Crippen molar-refractivity contribution in [3.05, 3.63) is 36.4 Å². The summed E-state index contributed by atoms with van der Waals surface area (Å²) in [6, 6.07) is 10.9. The summed E-state index contributed by atoms with van der Waals surface area (Å²) in [6.07, 6.45) is 0. The molecule has 78 valence electrons. The first-order valence-electron chi connectivity index (χ1n) is 4.72. The van der Waals surface area contributed by atoms with Crippen LogP contribution in [0.2, 0.25) is 0 Å². The Morgan fingerprint density at radius 1 is 1.13 bits per heavy atom. The Bertz CT molecular complexity index is 468. The third kappa shape index (κ3) is 1.86.